The molecule has 0 aliphatic rings. The Hall–Kier alpha value is -1.21. The number of halogens is 1. The summed E-state index contributed by atoms with van der Waals surface area (Å²) in [7, 11) is 0. The quantitative estimate of drug-likeness (QED) is 0.578. The van der Waals surface area contributed by atoms with Crippen LogP contribution in [0.3, 0.4) is 0 Å². The van der Waals surface area contributed by atoms with E-state index >= 15 is 0 Å². The van der Waals surface area contributed by atoms with E-state index < -0.39 is 5.82 Å². The van der Waals surface area contributed by atoms with Gasteiger partial charge in [-0.3, -0.25) is 0 Å². The first-order valence-corrected chi connectivity index (χ1v) is 2.94. The van der Waals surface area contributed by atoms with Crippen molar-refractivity contribution in [2.24, 2.45) is 0 Å². The molecule has 0 aliphatic heterocycles. The van der Waals surface area contributed by atoms with Crippen molar-refractivity contribution < 1.29 is 4.39 Å². The molecule has 0 aliphatic carbocycles. The second-order valence-corrected chi connectivity index (χ2v) is 2.10. The van der Waals surface area contributed by atoms with Crippen LogP contribution < -0.4 is 0 Å². The number of nitrogens with zero attached hydrogens (tertiary/aromatic N) is 1. The van der Waals surface area contributed by atoms with Crippen molar-refractivity contribution >= 4 is 12.2 Å². The van der Waals surface area contributed by atoms with Crippen LogP contribution in [-0.2, 0) is 0 Å². The van der Waals surface area contributed by atoms with Crippen LogP contribution in [0.15, 0.2) is 12.1 Å². The van der Waals surface area contributed by atoms with Gasteiger partial charge in [0.25, 0.3) is 0 Å². The fraction of sp³-hybridized carbons (Fsp3) is 0. The van der Waals surface area contributed by atoms with Crippen molar-refractivity contribution in [1.29, 1.82) is 5.26 Å². The number of rotatable bonds is 0. The lowest BCUT2D eigenvalue weighted by molar-refractivity contribution is 0.616. The number of H-pyrrole nitrogens is 1. The first-order valence-electron chi connectivity index (χ1n) is 2.53. The summed E-state index contributed by atoms with van der Waals surface area (Å²) in [5.41, 5.74) is -0.118. The summed E-state index contributed by atoms with van der Waals surface area (Å²) < 4.78 is 12.8. The SMILES string of the molecule is N#Cc1[nH]c(=S)ccc1F. The Morgan fingerprint density at radius 1 is 1.60 bits per heavy atom. The van der Waals surface area contributed by atoms with Crippen LogP contribution in [0.2, 0.25) is 0 Å². The first-order chi connectivity index (χ1) is 4.74. The molecule has 10 heavy (non-hydrogen) atoms. The fourth-order valence-electron chi connectivity index (χ4n) is 0.538. The maximum atomic E-state index is 12.5. The highest BCUT2D eigenvalue weighted by Gasteiger charge is 1.97. The van der Waals surface area contributed by atoms with Crippen molar-refractivity contribution in [3.63, 3.8) is 0 Å². The van der Waals surface area contributed by atoms with E-state index in [9.17, 15) is 4.39 Å². The largest absolute Gasteiger partial charge is 0.335 e. The van der Waals surface area contributed by atoms with Crippen molar-refractivity contribution in [2.75, 3.05) is 0 Å². The lowest BCUT2D eigenvalue weighted by Crippen LogP contribution is -1.87. The van der Waals surface area contributed by atoms with Crippen LogP contribution in [0.5, 0.6) is 0 Å². The molecule has 0 atom stereocenters. The predicted molar refractivity (Wildman–Crippen MR) is 36.3 cm³/mol. The molecule has 4 heteroatoms. The molecule has 0 fully saturated rings. The summed E-state index contributed by atoms with van der Waals surface area (Å²) in [6, 6.07) is 4.20. The zero-order valence-corrected chi connectivity index (χ0v) is 5.70. The van der Waals surface area contributed by atoms with Crippen molar-refractivity contribution in [3.05, 3.63) is 28.3 Å². The number of pyridine rings is 1. The molecular formula is C6H3FN2S. The number of aromatic nitrogens is 1. The Labute approximate surface area is 61.9 Å². The summed E-state index contributed by atoms with van der Waals surface area (Å²) in [6.07, 6.45) is 0. The first kappa shape index (κ1) is 6.90. The third kappa shape index (κ3) is 1.20. The van der Waals surface area contributed by atoms with Gasteiger partial charge in [0.05, 0.1) is 0 Å². The topological polar surface area (TPSA) is 39.6 Å². The molecule has 0 bridgehead atoms. The molecule has 50 valence electrons. The van der Waals surface area contributed by atoms with Gasteiger partial charge in [-0.25, -0.2) is 4.39 Å². The smallest absolute Gasteiger partial charge is 0.157 e. The van der Waals surface area contributed by atoms with Gasteiger partial charge in [-0.1, -0.05) is 12.2 Å². The van der Waals surface area contributed by atoms with E-state index in [0.717, 1.165) is 6.07 Å². The minimum absolute atomic E-state index is 0.118. The van der Waals surface area contributed by atoms with Crippen LogP contribution >= 0.6 is 12.2 Å². The van der Waals surface area contributed by atoms with Crippen molar-refractivity contribution in [2.45, 2.75) is 0 Å². The van der Waals surface area contributed by atoms with Gasteiger partial charge >= 0.3 is 0 Å². The van der Waals surface area contributed by atoms with E-state index in [0.29, 0.717) is 4.64 Å². The molecule has 0 amide bonds. The van der Waals surface area contributed by atoms with E-state index in [1.807, 2.05) is 0 Å². The van der Waals surface area contributed by atoms with Gasteiger partial charge in [-0.2, -0.15) is 5.26 Å². The highest BCUT2D eigenvalue weighted by molar-refractivity contribution is 7.71. The molecule has 1 aromatic heterocycles. The Bertz CT molecular complexity index is 336. The third-order valence-corrected chi connectivity index (χ3v) is 1.22. The van der Waals surface area contributed by atoms with Gasteiger partial charge in [0.1, 0.15) is 10.7 Å². The van der Waals surface area contributed by atoms with E-state index in [1.165, 1.54) is 6.07 Å². The molecule has 1 N–H and O–H groups in total. The lowest BCUT2D eigenvalue weighted by atomic mass is 10.4. The maximum Gasteiger partial charge on any atom is 0.157 e. The van der Waals surface area contributed by atoms with Gasteiger partial charge in [0, 0.05) is 0 Å². The van der Waals surface area contributed by atoms with Crippen molar-refractivity contribution in [1.82, 2.24) is 4.98 Å². The molecule has 0 saturated heterocycles. The molecule has 0 radical (unpaired) electrons. The van der Waals surface area contributed by atoms with E-state index in [-0.39, 0.29) is 5.69 Å². The highest BCUT2D eigenvalue weighted by atomic mass is 32.1. The minimum Gasteiger partial charge on any atom is -0.335 e. The highest BCUT2D eigenvalue weighted by Crippen LogP contribution is 2.00. The van der Waals surface area contributed by atoms with E-state index in [4.69, 9.17) is 5.26 Å². The monoisotopic (exact) mass is 154 g/mol. The molecule has 1 aromatic rings. The molecular weight excluding hydrogens is 151 g/mol. The van der Waals surface area contributed by atoms with Crippen LogP contribution in [0.1, 0.15) is 5.69 Å². The van der Waals surface area contributed by atoms with Crippen LogP contribution in [0.4, 0.5) is 4.39 Å². The molecule has 2 nitrogen and oxygen atoms in total. The Balaban J connectivity index is 3.40. The molecule has 1 rings (SSSR count). The third-order valence-electron chi connectivity index (χ3n) is 0.980. The summed E-state index contributed by atoms with van der Waals surface area (Å²) in [5.74, 6) is -0.573. The van der Waals surface area contributed by atoms with E-state index in [2.05, 4.69) is 17.2 Å². The fourth-order valence-corrected chi connectivity index (χ4v) is 0.708. The van der Waals surface area contributed by atoms with Gasteiger partial charge < -0.3 is 4.98 Å². The minimum atomic E-state index is -0.573. The molecule has 1 heterocycles. The standard InChI is InChI=1S/C6H3FN2S/c7-4-1-2-6(10)9-5(4)3-8/h1-2H,(H,9,10). The van der Waals surface area contributed by atoms with Gasteiger partial charge in [0.15, 0.2) is 11.5 Å². The summed E-state index contributed by atoms with van der Waals surface area (Å²) >= 11 is 4.65. The molecule has 0 spiro atoms. The second kappa shape index (κ2) is 2.58. The normalized spacial score (nSPS) is 8.80. The maximum absolute atomic E-state index is 12.5. The Kier molecular flexibility index (Phi) is 1.78. The van der Waals surface area contributed by atoms with Crippen LogP contribution in [0, 0.1) is 21.8 Å². The number of hydrogen-bond acceptors (Lipinski definition) is 2. The Morgan fingerprint density at radius 2 is 2.30 bits per heavy atom. The average Bonchev–Trinajstić information content (AvgIpc) is 1.94. The Morgan fingerprint density at radius 3 is 2.80 bits per heavy atom. The zero-order chi connectivity index (χ0) is 7.56. The number of nitriles is 1. The van der Waals surface area contributed by atoms with Gasteiger partial charge in [-0.15, -0.1) is 0 Å². The summed E-state index contributed by atoms with van der Waals surface area (Å²) in [6.45, 7) is 0. The molecule has 0 saturated carbocycles. The lowest BCUT2D eigenvalue weighted by Gasteiger charge is -1.89. The summed E-state index contributed by atoms with van der Waals surface area (Å²) in [5, 5.41) is 8.28. The number of aromatic amines is 1. The number of nitrogens with one attached hydrogen (secondary N) is 1. The van der Waals surface area contributed by atoms with E-state index in [1.54, 1.807) is 6.07 Å². The van der Waals surface area contributed by atoms with Gasteiger partial charge in [0.2, 0.25) is 0 Å². The molecule has 0 unspecified atom stereocenters. The second-order valence-electron chi connectivity index (χ2n) is 1.66. The average molecular weight is 154 g/mol. The van der Waals surface area contributed by atoms with Crippen LogP contribution in [0.25, 0.3) is 0 Å². The summed E-state index contributed by atoms with van der Waals surface area (Å²) in [4.78, 5) is 2.40. The van der Waals surface area contributed by atoms with Gasteiger partial charge in [-0.05, 0) is 12.1 Å². The van der Waals surface area contributed by atoms with Crippen LogP contribution in [-0.4, -0.2) is 4.98 Å². The number of hydrogen-bond donors (Lipinski definition) is 1. The predicted octanol–water partition coefficient (Wildman–Crippen LogP) is 1.75. The van der Waals surface area contributed by atoms with Crippen molar-refractivity contribution in [3.8, 4) is 6.07 Å². The molecule has 0 aromatic carbocycles. The zero-order valence-electron chi connectivity index (χ0n) is 4.89.